The summed E-state index contributed by atoms with van der Waals surface area (Å²) < 4.78 is 7.47. The molecule has 0 unspecified atom stereocenters. The van der Waals surface area contributed by atoms with Gasteiger partial charge in [0.15, 0.2) is 5.11 Å². The molecule has 1 aromatic heterocycles. The Balaban J connectivity index is 1.66. The van der Waals surface area contributed by atoms with Crippen molar-refractivity contribution in [1.82, 2.24) is 14.9 Å². The van der Waals surface area contributed by atoms with Crippen LogP contribution in [-0.4, -0.2) is 27.8 Å². The summed E-state index contributed by atoms with van der Waals surface area (Å²) in [5, 5.41) is 6.95. The van der Waals surface area contributed by atoms with Crippen LogP contribution in [-0.2, 0) is 6.54 Å². The van der Waals surface area contributed by atoms with Gasteiger partial charge in [0.05, 0.1) is 6.33 Å². The van der Waals surface area contributed by atoms with E-state index in [1.165, 1.54) is 0 Å². The Morgan fingerprint density at radius 1 is 1.36 bits per heavy atom. The Kier molecular flexibility index (Phi) is 6.44. The van der Waals surface area contributed by atoms with Gasteiger partial charge in [-0.1, -0.05) is 12.7 Å². The Hall–Kier alpha value is -2.34. The van der Waals surface area contributed by atoms with Crippen molar-refractivity contribution in [3.8, 4) is 5.75 Å². The number of benzene rings is 1. The smallest absolute Gasteiger partial charge is 0.170 e. The number of nitrogens with zero attached hydrogens (tertiary/aromatic N) is 2. The van der Waals surface area contributed by atoms with Crippen molar-refractivity contribution < 1.29 is 4.74 Å². The molecule has 2 N–H and O–H groups in total. The first-order chi connectivity index (χ1) is 10.8. The van der Waals surface area contributed by atoms with E-state index in [1.54, 1.807) is 12.3 Å². The third-order valence-corrected chi connectivity index (χ3v) is 3.16. The van der Waals surface area contributed by atoms with Crippen LogP contribution in [0, 0.1) is 0 Å². The van der Waals surface area contributed by atoms with Crippen LogP contribution >= 0.6 is 12.2 Å². The van der Waals surface area contributed by atoms with Crippen LogP contribution in [0.4, 0.5) is 5.69 Å². The summed E-state index contributed by atoms with van der Waals surface area (Å²) in [5.74, 6) is 0.810. The summed E-state index contributed by atoms with van der Waals surface area (Å²) in [6.07, 6.45) is 8.24. The lowest BCUT2D eigenvalue weighted by Crippen LogP contribution is -2.29. The molecule has 0 spiro atoms. The molecule has 0 fully saturated rings. The van der Waals surface area contributed by atoms with E-state index in [1.807, 2.05) is 41.4 Å². The van der Waals surface area contributed by atoms with E-state index < -0.39 is 0 Å². The van der Waals surface area contributed by atoms with Crippen LogP contribution in [0.3, 0.4) is 0 Å². The summed E-state index contributed by atoms with van der Waals surface area (Å²) in [7, 11) is 0. The standard InChI is InChI=1S/C16H20N4OS/c1-2-12-21-15-6-4-14(5-7-15)19-16(22)18-8-3-10-20-11-9-17-13-20/h2,4-7,9,11,13H,1,3,8,10,12H2,(H2,18,19,22). The van der Waals surface area contributed by atoms with Crippen LogP contribution in [0.5, 0.6) is 5.75 Å². The normalized spacial score (nSPS) is 10.0. The molecule has 0 atom stereocenters. The summed E-state index contributed by atoms with van der Waals surface area (Å²) in [6, 6.07) is 7.65. The highest BCUT2D eigenvalue weighted by molar-refractivity contribution is 7.80. The van der Waals surface area contributed by atoms with Crippen molar-refractivity contribution in [2.45, 2.75) is 13.0 Å². The van der Waals surface area contributed by atoms with Gasteiger partial charge < -0.3 is 19.9 Å². The van der Waals surface area contributed by atoms with E-state index >= 15 is 0 Å². The minimum Gasteiger partial charge on any atom is -0.490 e. The fourth-order valence-corrected chi connectivity index (χ4v) is 2.07. The average Bonchev–Trinajstić information content (AvgIpc) is 3.04. The summed E-state index contributed by atoms with van der Waals surface area (Å²) in [4.78, 5) is 4.01. The number of thiocarbonyl (C=S) groups is 1. The van der Waals surface area contributed by atoms with E-state index in [9.17, 15) is 0 Å². The first-order valence-corrected chi connectivity index (χ1v) is 7.53. The molecular formula is C16H20N4OS. The number of hydrogen-bond donors (Lipinski definition) is 2. The lowest BCUT2D eigenvalue weighted by atomic mass is 10.3. The number of hydrogen-bond acceptors (Lipinski definition) is 3. The number of aromatic nitrogens is 2. The third-order valence-electron chi connectivity index (χ3n) is 2.92. The molecule has 0 aliphatic heterocycles. The number of rotatable bonds is 8. The molecule has 0 radical (unpaired) electrons. The highest BCUT2D eigenvalue weighted by Gasteiger charge is 1.98. The molecule has 22 heavy (non-hydrogen) atoms. The van der Waals surface area contributed by atoms with E-state index in [0.717, 1.165) is 30.9 Å². The lowest BCUT2D eigenvalue weighted by Gasteiger charge is -2.11. The lowest BCUT2D eigenvalue weighted by molar-refractivity contribution is 0.363. The zero-order valence-corrected chi connectivity index (χ0v) is 13.2. The van der Waals surface area contributed by atoms with Crippen LogP contribution in [0.1, 0.15) is 6.42 Å². The van der Waals surface area contributed by atoms with E-state index in [2.05, 4.69) is 22.2 Å². The van der Waals surface area contributed by atoms with Gasteiger partial charge in [-0.3, -0.25) is 0 Å². The fourth-order valence-electron chi connectivity index (χ4n) is 1.85. The van der Waals surface area contributed by atoms with Gasteiger partial charge in [0.25, 0.3) is 0 Å². The van der Waals surface area contributed by atoms with Crippen molar-refractivity contribution in [3.63, 3.8) is 0 Å². The molecule has 1 heterocycles. The molecule has 5 nitrogen and oxygen atoms in total. The van der Waals surface area contributed by atoms with Gasteiger partial charge in [-0.25, -0.2) is 4.98 Å². The van der Waals surface area contributed by atoms with Crippen molar-refractivity contribution in [2.75, 3.05) is 18.5 Å². The molecular weight excluding hydrogens is 296 g/mol. The first kappa shape index (κ1) is 16.0. The Labute approximate surface area is 136 Å². The maximum absolute atomic E-state index is 5.43. The topological polar surface area (TPSA) is 51.1 Å². The van der Waals surface area contributed by atoms with Gasteiger partial charge in [0.2, 0.25) is 0 Å². The summed E-state index contributed by atoms with van der Waals surface area (Å²) in [6.45, 7) is 5.85. The van der Waals surface area contributed by atoms with Crippen LogP contribution in [0.25, 0.3) is 0 Å². The zero-order chi connectivity index (χ0) is 15.6. The number of nitrogens with one attached hydrogen (secondary N) is 2. The molecule has 2 rings (SSSR count). The highest BCUT2D eigenvalue weighted by Crippen LogP contribution is 2.15. The van der Waals surface area contributed by atoms with Gasteiger partial charge in [-0.15, -0.1) is 0 Å². The highest BCUT2D eigenvalue weighted by atomic mass is 32.1. The third kappa shape index (κ3) is 5.57. The number of imidazole rings is 1. The Bertz CT molecular complexity index is 581. The largest absolute Gasteiger partial charge is 0.490 e. The maximum Gasteiger partial charge on any atom is 0.170 e. The predicted molar refractivity (Wildman–Crippen MR) is 93.2 cm³/mol. The first-order valence-electron chi connectivity index (χ1n) is 7.12. The number of aryl methyl sites for hydroxylation is 1. The second-order valence-corrected chi connectivity index (χ2v) is 5.07. The van der Waals surface area contributed by atoms with Crippen molar-refractivity contribution in [2.24, 2.45) is 0 Å². The van der Waals surface area contributed by atoms with Crippen LogP contribution < -0.4 is 15.4 Å². The van der Waals surface area contributed by atoms with Crippen molar-refractivity contribution >= 4 is 23.0 Å². The molecule has 116 valence electrons. The second kappa shape index (κ2) is 8.84. The Morgan fingerprint density at radius 2 is 2.18 bits per heavy atom. The quantitative estimate of drug-likeness (QED) is 0.445. The van der Waals surface area contributed by atoms with E-state index in [0.29, 0.717) is 11.7 Å². The monoisotopic (exact) mass is 316 g/mol. The van der Waals surface area contributed by atoms with E-state index in [-0.39, 0.29) is 0 Å². The van der Waals surface area contributed by atoms with Crippen LogP contribution in [0.15, 0.2) is 55.6 Å². The molecule has 0 saturated heterocycles. The average molecular weight is 316 g/mol. The van der Waals surface area contributed by atoms with Crippen molar-refractivity contribution in [3.05, 3.63) is 55.6 Å². The summed E-state index contributed by atoms with van der Waals surface area (Å²) in [5.41, 5.74) is 0.929. The molecule has 0 saturated carbocycles. The summed E-state index contributed by atoms with van der Waals surface area (Å²) >= 11 is 5.27. The fraction of sp³-hybridized carbons (Fsp3) is 0.250. The predicted octanol–water partition coefficient (Wildman–Crippen LogP) is 2.82. The molecule has 6 heteroatoms. The van der Waals surface area contributed by atoms with Crippen molar-refractivity contribution in [1.29, 1.82) is 0 Å². The van der Waals surface area contributed by atoms with Gasteiger partial charge >= 0.3 is 0 Å². The molecule has 0 aliphatic rings. The number of ether oxygens (including phenoxy) is 1. The minimum atomic E-state index is 0.504. The number of anilines is 1. The molecule has 2 aromatic rings. The molecule has 1 aromatic carbocycles. The minimum absolute atomic E-state index is 0.504. The van der Waals surface area contributed by atoms with E-state index in [4.69, 9.17) is 17.0 Å². The Morgan fingerprint density at radius 3 is 2.86 bits per heavy atom. The van der Waals surface area contributed by atoms with Crippen LogP contribution in [0.2, 0.25) is 0 Å². The van der Waals surface area contributed by atoms with Gasteiger partial charge in [0.1, 0.15) is 12.4 Å². The maximum atomic E-state index is 5.43. The SMILES string of the molecule is C=CCOc1ccc(NC(=S)NCCCn2ccnc2)cc1. The molecule has 0 aliphatic carbocycles. The van der Waals surface area contributed by atoms with Gasteiger partial charge in [-0.05, 0) is 42.9 Å². The zero-order valence-electron chi connectivity index (χ0n) is 12.4. The van der Waals surface area contributed by atoms with Gasteiger partial charge in [-0.2, -0.15) is 0 Å². The van der Waals surface area contributed by atoms with Gasteiger partial charge in [0, 0.05) is 31.2 Å². The molecule has 0 amide bonds. The second-order valence-electron chi connectivity index (χ2n) is 4.66. The molecule has 0 bridgehead atoms.